The molecule has 0 aliphatic heterocycles. The van der Waals surface area contributed by atoms with Crippen molar-refractivity contribution in [2.75, 3.05) is 18.6 Å². The summed E-state index contributed by atoms with van der Waals surface area (Å²) in [5.41, 5.74) is 2.23. The highest BCUT2D eigenvalue weighted by Crippen LogP contribution is 2.37. The smallest absolute Gasteiger partial charge is 0.123 e. The lowest BCUT2D eigenvalue weighted by molar-refractivity contribution is 0.182. The van der Waals surface area contributed by atoms with Gasteiger partial charge in [0.2, 0.25) is 0 Å². The number of aromatic hydroxyl groups is 1. The van der Waals surface area contributed by atoms with Crippen molar-refractivity contribution in [3.05, 3.63) is 23.8 Å². The molecule has 3 nitrogen and oxygen atoms in total. The van der Waals surface area contributed by atoms with Crippen LogP contribution in [-0.4, -0.2) is 24.8 Å². The lowest BCUT2D eigenvalue weighted by Gasteiger charge is -2.44. The van der Waals surface area contributed by atoms with Crippen LogP contribution in [0.15, 0.2) is 18.2 Å². The highest BCUT2D eigenvalue weighted by Gasteiger charge is 2.32. The molecule has 1 aliphatic rings. The minimum Gasteiger partial charge on any atom is -0.508 e. The second-order valence-electron chi connectivity index (χ2n) is 8.84. The van der Waals surface area contributed by atoms with E-state index in [-0.39, 0.29) is 5.41 Å². The Morgan fingerprint density at radius 2 is 1.92 bits per heavy atom. The summed E-state index contributed by atoms with van der Waals surface area (Å²) in [5, 5.41) is 10.4. The molecule has 1 aromatic carbocycles. The van der Waals surface area contributed by atoms with Crippen LogP contribution in [0.25, 0.3) is 0 Å². The van der Waals surface area contributed by atoms with E-state index in [9.17, 15) is 5.11 Å². The molecule has 142 valence electrons. The number of hydrogen-bond donors (Lipinski definition) is 1. The second-order valence-corrected chi connectivity index (χ2v) is 8.84. The monoisotopic (exact) mass is 347 g/mol. The molecule has 1 fully saturated rings. The fraction of sp³-hybridized carbons (Fsp3) is 0.727. The first-order valence-corrected chi connectivity index (χ1v) is 9.93. The molecule has 0 radical (unpaired) electrons. The van der Waals surface area contributed by atoms with Gasteiger partial charge in [-0.2, -0.15) is 0 Å². The summed E-state index contributed by atoms with van der Waals surface area (Å²) in [7, 11) is 1.66. The van der Waals surface area contributed by atoms with Crippen LogP contribution in [0, 0.1) is 11.3 Å². The molecule has 2 atom stereocenters. The largest absolute Gasteiger partial charge is 0.508 e. The van der Waals surface area contributed by atoms with Crippen molar-refractivity contribution in [1.29, 1.82) is 0 Å². The molecule has 2 rings (SSSR count). The van der Waals surface area contributed by atoms with E-state index in [4.69, 9.17) is 4.74 Å². The van der Waals surface area contributed by atoms with E-state index >= 15 is 0 Å². The molecule has 2 unspecified atom stereocenters. The quantitative estimate of drug-likeness (QED) is 0.681. The van der Waals surface area contributed by atoms with Crippen molar-refractivity contribution >= 4 is 5.69 Å². The Balaban J connectivity index is 2.33. The SMILES string of the molecule is CCCC1CCCCC1N(CC(C)(C)C)c1ccc(COC)c(O)c1. The zero-order valence-corrected chi connectivity index (χ0v) is 16.8. The van der Waals surface area contributed by atoms with E-state index in [0.717, 1.165) is 23.7 Å². The van der Waals surface area contributed by atoms with Gasteiger partial charge in [0.05, 0.1) is 6.61 Å². The third-order valence-corrected chi connectivity index (χ3v) is 5.27. The summed E-state index contributed by atoms with van der Waals surface area (Å²) in [6, 6.07) is 6.71. The maximum absolute atomic E-state index is 10.4. The minimum atomic E-state index is 0.217. The molecule has 1 N–H and O–H groups in total. The number of nitrogens with zero attached hydrogens (tertiary/aromatic N) is 1. The average molecular weight is 348 g/mol. The van der Waals surface area contributed by atoms with Crippen LogP contribution in [0.2, 0.25) is 0 Å². The standard InChI is InChI=1S/C22H37NO2/c1-6-9-17-10-7-8-11-20(17)23(16-22(2,3)4)19-13-12-18(15-25-5)21(24)14-19/h12-14,17,20,24H,6-11,15-16H2,1-5H3. The second kappa shape index (κ2) is 8.93. The average Bonchev–Trinajstić information content (AvgIpc) is 2.55. The van der Waals surface area contributed by atoms with Gasteiger partial charge in [0.1, 0.15) is 5.75 Å². The Kier molecular flexibility index (Phi) is 7.18. The minimum absolute atomic E-state index is 0.217. The van der Waals surface area contributed by atoms with E-state index in [0.29, 0.717) is 18.4 Å². The predicted molar refractivity (Wildman–Crippen MR) is 106 cm³/mol. The molecule has 0 aromatic heterocycles. The topological polar surface area (TPSA) is 32.7 Å². The fourth-order valence-electron chi connectivity index (χ4n) is 4.23. The molecule has 3 heteroatoms. The first-order valence-electron chi connectivity index (χ1n) is 9.93. The van der Waals surface area contributed by atoms with Crippen molar-refractivity contribution in [1.82, 2.24) is 0 Å². The van der Waals surface area contributed by atoms with Gasteiger partial charge in [0.25, 0.3) is 0 Å². The molecule has 1 saturated carbocycles. The summed E-state index contributed by atoms with van der Waals surface area (Å²) >= 11 is 0. The summed E-state index contributed by atoms with van der Waals surface area (Å²) in [6.45, 7) is 10.7. The van der Waals surface area contributed by atoms with Gasteiger partial charge < -0.3 is 14.7 Å². The molecule has 0 heterocycles. The van der Waals surface area contributed by atoms with Gasteiger partial charge in [-0.05, 0) is 36.7 Å². The molecular weight excluding hydrogens is 310 g/mol. The fourth-order valence-corrected chi connectivity index (χ4v) is 4.23. The molecular formula is C22H37NO2. The molecule has 1 aromatic rings. The van der Waals surface area contributed by atoms with Gasteiger partial charge >= 0.3 is 0 Å². The first-order chi connectivity index (χ1) is 11.9. The lowest BCUT2D eigenvalue weighted by atomic mass is 9.79. The first kappa shape index (κ1) is 20.1. The Morgan fingerprint density at radius 1 is 1.20 bits per heavy atom. The van der Waals surface area contributed by atoms with Gasteiger partial charge in [-0.15, -0.1) is 0 Å². The molecule has 0 saturated heterocycles. The van der Waals surface area contributed by atoms with E-state index in [2.05, 4.69) is 38.7 Å². The van der Waals surface area contributed by atoms with E-state index in [1.54, 1.807) is 7.11 Å². The highest BCUT2D eigenvalue weighted by atomic mass is 16.5. The highest BCUT2D eigenvalue weighted by molar-refractivity contribution is 5.54. The molecule has 0 spiro atoms. The summed E-state index contributed by atoms with van der Waals surface area (Å²) in [5.74, 6) is 1.11. The number of benzene rings is 1. The van der Waals surface area contributed by atoms with Crippen molar-refractivity contribution in [3.63, 3.8) is 0 Å². The van der Waals surface area contributed by atoms with Crippen LogP contribution in [0.3, 0.4) is 0 Å². The zero-order chi connectivity index (χ0) is 18.4. The Bertz CT molecular complexity index is 533. The van der Waals surface area contributed by atoms with Crippen LogP contribution in [-0.2, 0) is 11.3 Å². The van der Waals surface area contributed by atoms with Crippen LogP contribution in [0.1, 0.15) is 71.8 Å². The molecule has 0 bridgehead atoms. The number of methoxy groups -OCH3 is 1. The van der Waals surface area contributed by atoms with Crippen molar-refractivity contribution in [2.24, 2.45) is 11.3 Å². The van der Waals surface area contributed by atoms with Crippen LogP contribution < -0.4 is 4.90 Å². The lowest BCUT2D eigenvalue weighted by Crippen LogP contribution is -2.46. The number of ether oxygens (including phenoxy) is 1. The van der Waals surface area contributed by atoms with Gasteiger partial charge in [-0.1, -0.05) is 53.0 Å². The summed E-state index contributed by atoms with van der Waals surface area (Å²) < 4.78 is 5.18. The third-order valence-electron chi connectivity index (χ3n) is 5.27. The third kappa shape index (κ3) is 5.64. The van der Waals surface area contributed by atoms with Gasteiger partial charge in [-0.3, -0.25) is 0 Å². The van der Waals surface area contributed by atoms with Crippen LogP contribution >= 0.6 is 0 Å². The van der Waals surface area contributed by atoms with Crippen molar-refractivity contribution in [2.45, 2.75) is 78.9 Å². The van der Waals surface area contributed by atoms with Gasteiger partial charge in [0.15, 0.2) is 0 Å². The van der Waals surface area contributed by atoms with Crippen molar-refractivity contribution in [3.8, 4) is 5.75 Å². The van der Waals surface area contributed by atoms with Gasteiger partial charge in [0, 0.05) is 37.0 Å². The van der Waals surface area contributed by atoms with E-state index in [1.165, 1.54) is 38.5 Å². The van der Waals surface area contributed by atoms with E-state index < -0.39 is 0 Å². The van der Waals surface area contributed by atoms with Crippen LogP contribution in [0.4, 0.5) is 5.69 Å². The normalized spacial score (nSPS) is 21.3. The Morgan fingerprint density at radius 3 is 2.52 bits per heavy atom. The zero-order valence-electron chi connectivity index (χ0n) is 16.8. The number of phenols is 1. The maximum atomic E-state index is 10.4. The molecule has 1 aliphatic carbocycles. The number of hydrogen-bond acceptors (Lipinski definition) is 3. The number of rotatable bonds is 7. The number of phenolic OH excluding ortho intramolecular Hbond substituents is 1. The van der Waals surface area contributed by atoms with Gasteiger partial charge in [-0.25, -0.2) is 0 Å². The Labute approximate surface area is 154 Å². The maximum Gasteiger partial charge on any atom is 0.123 e. The van der Waals surface area contributed by atoms with Crippen molar-refractivity contribution < 1.29 is 9.84 Å². The summed E-state index contributed by atoms with van der Waals surface area (Å²) in [6.07, 6.45) is 7.84. The predicted octanol–water partition coefficient (Wildman–Crippen LogP) is 5.75. The Hall–Kier alpha value is -1.22. The molecule has 0 amide bonds. The molecule has 25 heavy (non-hydrogen) atoms. The van der Waals surface area contributed by atoms with E-state index in [1.807, 2.05) is 12.1 Å². The van der Waals surface area contributed by atoms with Crippen LogP contribution in [0.5, 0.6) is 5.75 Å². The number of anilines is 1. The summed E-state index contributed by atoms with van der Waals surface area (Å²) in [4.78, 5) is 2.58.